The van der Waals surface area contributed by atoms with Crippen LogP contribution in [0.5, 0.6) is 5.75 Å². The summed E-state index contributed by atoms with van der Waals surface area (Å²) in [4.78, 5) is 14.9. The van der Waals surface area contributed by atoms with Crippen LogP contribution in [0.1, 0.15) is 53.2 Å². The SMILES string of the molecule is CN(C(=O)c1ccc(OC[C@@H]2CCCO2)cc1)[C@H]1CCCc2ccccc21. The van der Waals surface area contributed by atoms with Gasteiger partial charge in [0, 0.05) is 19.2 Å². The third kappa shape index (κ3) is 4.01. The van der Waals surface area contributed by atoms with Crippen molar-refractivity contribution >= 4 is 5.91 Å². The highest BCUT2D eigenvalue weighted by atomic mass is 16.5. The molecule has 0 radical (unpaired) electrons. The summed E-state index contributed by atoms with van der Waals surface area (Å²) in [7, 11) is 1.91. The van der Waals surface area contributed by atoms with Crippen molar-refractivity contribution in [1.82, 2.24) is 4.90 Å². The van der Waals surface area contributed by atoms with Crippen LogP contribution in [-0.4, -0.2) is 37.2 Å². The van der Waals surface area contributed by atoms with Crippen LogP contribution in [0.15, 0.2) is 48.5 Å². The van der Waals surface area contributed by atoms with E-state index in [0.717, 1.165) is 44.5 Å². The van der Waals surface area contributed by atoms with Crippen molar-refractivity contribution in [3.63, 3.8) is 0 Å². The fourth-order valence-corrected chi connectivity index (χ4v) is 4.13. The molecule has 1 aliphatic carbocycles. The lowest BCUT2D eigenvalue weighted by molar-refractivity contribution is 0.0677. The van der Waals surface area contributed by atoms with Gasteiger partial charge in [-0.1, -0.05) is 24.3 Å². The molecule has 4 heteroatoms. The number of ether oxygens (including phenoxy) is 2. The monoisotopic (exact) mass is 365 g/mol. The summed E-state index contributed by atoms with van der Waals surface area (Å²) in [6.45, 7) is 1.41. The van der Waals surface area contributed by atoms with Gasteiger partial charge < -0.3 is 14.4 Å². The van der Waals surface area contributed by atoms with Crippen LogP contribution in [0.25, 0.3) is 0 Å². The fourth-order valence-electron chi connectivity index (χ4n) is 4.13. The number of fused-ring (bicyclic) bond motifs is 1. The van der Waals surface area contributed by atoms with E-state index in [9.17, 15) is 4.79 Å². The molecule has 0 N–H and O–H groups in total. The first-order valence-corrected chi connectivity index (χ1v) is 9.92. The molecule has 2 aromatic rings. The van der Waals surface area contributed by atoms with Crippen molar-refractivity contribution < 1.29 is 14.3 Å². The van der Waals surface area contributed by atoms with Gasteiger partial charge in [-0.2, -0.15) is 0 Å². The van der Waals surface area contributed by atoms with E-state index in [1.54, 1.807) is 0 Å². The lowest BCUT2D eigenvalue weighted by atomic mass is 9.87. The minimum atomic E-state index is 0.0578. The zero-order chi connectivity index (χ0) is 18.6. The molecule has 0 bridgehead atoms. The Morgan fingerprint density at radius 2 is 1.93 bits per heavy atom. The third-order valence-corrected chi connectivity index (χ3v) is 5.69. The molecule has 1 heterocycles. The Labute approximate surface area is 161 Å². The fraction of sp³-hybridized carbons (Fsp3) is 0.435. The molecule has 1 fully saturated rings. The highest BCUT2D eigenvalue weighted by Gasteiger charge is 2.27. The van der Waals surface area contributed by atoms with Gasteiger partial charge in [-0.3, -0.25) is 4.79 Å². The van der Waals surface area contributed by atoms with E-state index in [1.807, 2.05) is 36.2 Å². The van der Waals surface area contributed by atoms with Gasteiger partial charge in [-0.25, -0.2) is 0 Å². The first-order valence-electron chi connectivity index (χ1n) is 9.92. The third-order valence-electron chi connectivity index (χ3n) is 5.69. The Kier molecular flexibility index (Phi) is 5.44. The Morgan fingerprint density at radius 1 is 1.11 bits per heavy atom. The summed E-state index contributed by atoms with van der Waals surface area (Å²) in [5.41, 5.74) is 3.35. The van der Waals surface area contributed by atoms with Gasteiger partial charge in [-0.05, 0) is 67.5 Å². The number of rotatable bonds is 5. The van der Waals surface area contributed by atoms with Crippen molar-refractivity contribution in [2.45, 2.75) is 44.2 Å². The zero-order valence-corrected chi connectivity index (χ0v) is 15.9. The number of hydrogen-bond donors (Lipinski definition) is 0. The van der Waals surface area contributed by atoms with Crippen LogP contribution in [0.3, 0.4) is 0 Å². The summed E-state index contributed by atoms with van der Waals surface area (Å²) in [5.74, 6) is 0.843. The molecule has 0 saturated carbocycles. The largest absolute Gasteiger partial charge is 0.491 e. The summed E-state index contributed by atoms with van der Waals surface area (Å²) in [6, 6.07) is 16.1. The van der Waals surface area contributed by atoms with Gasteiger partial charge in [0.25, 0.3) is 5.91 Å². The number of nitrogens with zero attached hydrogens (tertiary/aromatic N) is 1. The van der Waals surface area contributed by atoms with E-state index >= 15 is 0 Å². The molecule has 4 nitrogen and oxygen atoms in total. The molecule has 142 valence electrons. The van der Waals surface area contributed by atoms with Crippen molar-refractivity contribution in [1.29, 1.82) is 0 Å². The summed E-state index contributed by atoms with van der Waals surface area (Å²) in [5, 5.41) is 0. The molecule has 0 aromatic heterocycles. The molecule has 2 aromatic carbocycles. The second-order valence-corrected chi connectivity index (χ2v) is 7.49. The highest BCUT2D eigenvalue weighted by molar-refractivity contribution is 5.94. The molecule has 0 unspecified atom stereocenters. The Balaban J connectivity index is 1.41. The summed E-state index contributed by atoms with van der Waals surface area (Å²) in [6.07, 6.45) is 5.61. The molecular formula is C23H27NO3. The maximum atomic E-state index is 13.0. The molecule has 1 saturated heterocycles. The molecular weight excluding hydrogens is 338 g/mol. The van der Waals surface area contributed by atoms with E-state index in [1.165, 1.54) is 11.1 Å². The van der Waals surface area contributed by atoms with Crippen LogP contribution in [-0.2, 0) is 11.2 Å². The Hall–Kier alpha value is -2.33. The summed E-state index contributed by atoms with van der Waals surface area (Å²) < 4.78 is 11.4. The van der Waals surface area contributed by atoms with Gasteiger partial charge in [0.2, 0.25) is 0 Å². The predicted octanol–water partition coefficient (Wildman–Crippen LogP) is 4.39. The van der Waals surface area contributed by atoms with E-state index in [0.29, 0.717) is 12.2 Å². The lowest BCUT2D eigenvalue weighted by Crippen LogP contribution is -2.33. The van der Waals surface area contributed by atoms with E-state index in [4.69, 9.17) is 9.47 Å². The molecule has 27 heavy (non-hydrogen) atoms. The molecule has 2 aliphatic rings. The van der Waals surface area contributed by atoms with Crippen molar-refractivity contribution in [2.24, 2.45) is 0 Å². The Bertz CT molecular complexity index is 780. The molecule has 0 spiro atoms. The molecule has 1 amide bonds. The number of carbonyl (C=O) groups is 1. The quantitative estimate of drug-likeness (QED) is 0.789. The predicted molar refractivity (Wildman–Crippen MR) is 105 cm³/mol. The maximum Gasteiger partial charge on any atom is 0.254 e. The topological polar surface area (TPSA) is 38.8 Å². The lowest BCUT2D eigenvalue weighted by Gasteiger charge is -2.33. The first kappa shape index (κ1) is 18.1. The number of amides is 1. The van der Waals surface area contributed by atoms with Crippen LogP contribution in [0.4, 0.5) is 0 Å². The van der Waals surface area contributed by atoms with Gasteiger partial charge in [-0.15, -0.1) is 0 Å². The average Bonchev–Trinajstić information content (AvgIpc) is 3.25. The smallest absolute Gasteiger partial charge is 0.254 e. The number of benzene rings is 2. The second-order valence-electron chi connectivity index (χ2n) is 7.49. The molecule has 2 atom stereocenters. The van der Waals surface area contributed by atoms with Crippen molar-refractivity contribution in [3.05, 3.63) is 65.2 Å². The van der Waals surface area contributed by atoms with Gasteiger partial charge >= 0.3 is 0 Å². The average molecular weight is 365 g/mol. The van der Waals surface area contributed by atoms with Gasteiger partial charge in [0.05, 0.1) is 12.1 Å². The number of carbonyl (C=O) groups excluding carboxylic acids is 1. The van der Waals surface area contributed by atoms with Crippen LogP contribution in [0.2, 0.25) is 0 Å². The molecule has 1 aliphatic heterocycles. The highest BCUT2D eigenvalue weighted by Crippen LogP contribution is 2.34. The standard InChI is InChI=1S/C23H27NO3/c1-24(22-10-4-7-17-6-2-3-9-21(17)22)23(25)18-11-13-19(14-12-18)27-16-20-8-5-15-26-20/h2-3,6,9,11-14,20,22H,4-5,7-8,10,15-16H2,1H3/t20-,22-/m0/s1. The van der Waals surface area contributed by atoms with E-state index < -0.39 is 0 Å². The zero-order valence-electron chi connectivity index (χ0n) is 15.9. The first-order chi connectivity index (χ1) is 13.2. The van der Waals surface area contributed by atoms with E-state index in [2.05, 4.69) is 24.3 Å². The minimum Gasteiger partial charge on any atom is -0.491 e. The van der Waals surface area contributed by atoms with Crippen molar-refractivity contribution in [3.8, 4) is 5.75 Å². The summed E-state index contributed by atoms with van der Waals surface area (Å²) >= 11 is 0. The Morgan fingerprint density at radius 3 is 2.70 bits per heavy atom. The van der Waals surface area contributed by atoms with E-state index in [-0.39, 0.29) is 18.1 Å². The normalized spacial score (nSPS) is 21.5. The van der Waals surface area contributed by atoms with Crippen LogP contribution >= 0.6 is 0 Å². The van der Waals surface area contributed by atoms with Crippen molar-refractivity contribution in [2.75, 3.05) is 20.3 Å². The van der Waals surface area contributed by atoms with Gasteiger partial charge in [0.1, 0.15) is 12.4 Å². The minimum absolute atomic E-state index is 0.0578. The second kappa shape index (κ2) is 8.13. The van der Waals surface area contributed by atoms with Crippen LogP contribution < -0.4 is 4.74 Å². The van der Waals surface area contributed by atoms with Crippen LogP contribution in [0, 0.1) is 0 Å². The molecule has 4 rings (SSSR count). The number of aryl methyl sites for hydroxylation is 1. The van der Waals surface area contributed by atoms with Gasteiger partial charge in [0.15, 0.2) is 0 Å². The maximum absolute atomic E-state index is 13.0. The number of hydrogen-bond acceptors (Lipinski definition) is 3.